The molecule has 19 heavy (non-hydrogen) atoms. The van der Waals surface area contributed by atoms with Gasteiger partial charge in [0.05, 0.1) is 0 Å². The van der Waals surface area contributed by atoms with Crippen molar-refractivity contribution in [1.82, 2.24) is 0 Å². The van der Waals surface area contributed by atoms with Gasteiger partial charge in [-0.25, -0.2) is 0 Å². The number of rotatable bonds is 5. The van der Waals surface area contributed by atoms with Gasteiger partial charge in [-0.2, -0.15) is 0 Å². The van der Waals surface area contributed by atoms with Crippen LogP contribution in [0, 0.1) is 6.92 Å². The van der Waals surface area contributed by atoms with Crippen molar-refractivity contribution in [1.29, 1.82) is 0 Å². The van der Waals surface area contributed by atoms with Crippen LogP contribution in [0.5, 0.6) is 0 Å². The van der Waals surface area contributed by atoms with E-state index in [1.165, 1.54) is 5.56 Å². The van der Waals surface area contributed by atoms with E-state index in [9.17, 15) is 0 Å². The van der Waals surface area contributed by atoms with Crippen molar-refractivity contribution in [3.8, 4) is 0 Å². The van der Waals surface area contributed by atoms with Crippen LogP contribution in [0.2, 0.25) is 10.0 Å². The van der Waals surface area contributed by atoms with Gasteiger partial charge in [-0.1, -0.05) is 35.3 Å². The predicted molar refractivity (Wildman–Crippen MR) is 84.6 cm³/mol. The third-order valence-electron chi connectivity index (χ3n) is 2.79. The number of hydrogen-bond donors (Lipinski definition) is 2. The third kappa shape index (κ3) is 4.34. The lowest BCUT2D eigenvalue weighted by Gasteiger charge is -2.11. The number of nitrogens with one attached hydrogen (secondary N) is 2. The Labute approximate surface area is 123 Å². The van der Waals surface area contributed by atoms with E-state index >= 15 is 0 Å². The molecule has 2 nitrogen and oxygen atoms in total. The average Bonchev–Trinajstić information content (AvgIpc) is 2.39. The van der Waals surface area contributed by atoms with Crippen LogP contribution in [-0.4, -0.2) is 13.1 Å². The van der Waals surface area contributed by atoms with Crippen LogP contribution < -0.4 is 10.6 Å². The maximum Gasteiger partial charge on any atom is 0.0426 e. The van der Waals surface area contributed by atoms with E-state index < -0.39 is 0 Å². The average molecular weight is 295 g/mol. The Morgan fingerprint density at radius 2 is 1.63 bits per heavy atom. The Morgan fingerprint density at radius 1 is 0.895 bits per heavy atom. The fraction of sp³-hybridized carbons (Fsp3) is 0.200. The van der Waals surface area contributed by atoms with Crippen molar-refractivity contribution < 1.29 is 0 Å². The summed E-state index contributed by atoms with van der Waals surface area (Å²) in [4.78, 5) is 0. The molecular weight excluding hydrogens is 279 g/mol. The molecule has 0 heterocycles. The fourth-order valence-corrected chi connectivity index (χ4v) is 2.15. The van der Waals surface area contributed by atoms with Gasteiger partial charge in [0.2, 0.25) is 0 Å². The van der Waals surface area contributed by atoms with Gasteiger partial charge < -0.3 is 10.6 Å². The maximum atomic E-state index is 5.97. The SMILES string of the molecule is Cc1ccc(Cl)cc1NCCNc1cccc(Cl)c1. The summed E-state index contributed by atoms with van der Waals surface area (Å²) >= 11 is 11.9. The first-order valence-corrected chi connectivity index (χ1v) is 6.90. The minimum absolute atomic E-state index is 0.739. The number of aryl methyl sites for hydroxylation is 1. The first-order chi connectivity index (χ1) is 9.15. The maximum absolute atomic E-state index is 5.97. The minimum Gasteiger partial charge on any atom is -0.383 e. The molecule has 0 saturated heterocycles. The van der Waals surface area contributed by atoms with E-state index in [2.05, 4.69) is 17.6 Å². The monoisotopic (exact) mass is 294 g/mol. The molecule has 100 valence electrons. The van der Waals surface area contributed by atoms with E-state index in [-0.39, 0.29) is 0 Å². The second-order valence-electron chi connectivity index (χ2n) is 4.32. The summed E-state index contributed by atoms with van der Waals surface area (Å²) in [6.45, 7) is 3.68. The van der Waals surface area contributed by atoms with E-state index in [0.717, 1.165) is 34.5 Å². The molecule has 2 aromatic carbocycles. The summed E-state index contributed by atoms with van der Waals surface area (Å²) in [5, 5.41) is 8.15. The zero-order valence-electron chi connectivity index (χ0n) is 10.7. The van der Waals surface area contributed by atoms with Crippen molar-refractivity contribution in [3.63, 3.8) is 0 Å². The molecule has 0 aliphatic heterocycles. The molecule has 2 rings (SSSR count). The number of anilines is 2. The lowest BCUT2D eigenvalue weighted by atomic mass is 10.2. The van der Waals surface area contributed by atoms with Gasteiger partial charge in [-0.3, -0.25) is 0 Å². The highest BCUT2D eigenvalue weighted by Gasteiger charge is 1.98. The molecule has 0 bridgehead atoms. The molecule has 2 aromatic rings. The Morgan fingerprint density at radius 3 is 2.42 bits per heavy atom. The Balaban J connectivity index is 1.82. The Hall–Kier alpha value is -1.38. The standard InChI is InChI=1S/C15H16Cl2N2/c1-11-5-6-13(17)10-15(11)19-8-7-18-14-4-2-3-12(16)9-14/h2-6,9-10,18-19H,7-8H2,1H3. The van der Waals surface area contributed by atoms with Gasteiger partial charge in [0.25, 0.3) is 0 Å². The second kappa shape index (κ2) is 6.69. The van der Waals surface area contributed by atoms with Crippen LogP contribution >= 0.6 is 23.2 Å². The van der Waals surface area contributed by atoms with Gasteiger partial charge in [-0.15, -0.1) is 0 Å². The lowest BCUT2D eigenvalue weighted by molar-refractivity contribution is 1.07. The van der Waals surface area contributed by atoms with Crippen LogP contribution in [0.1, 0.15) is 5.56 Å². The van der Waals surface area contributed by atoms with E-state index in [4.69, 9.17) is 23.2 Å². The molecule has 0 aliphatic carbocycles. The first kappa shape index (κ1) is 14.0. The number of benzene rings is 2. The van der Waals surface area contributed by atoms with E-state index in [0.29, 0.717) is 0 Å². The van der Waals surface area contributed by atoms with Gasteiger partial charge in [0.15, 0.2) is 0 Å². The number of halogens is 2. The minimum atomic E-state index is 0.739. The summed E-state index contributed by atoms with van der Waals surface area (Å²) in [7, 11) is 0. The fourth-order valence-electron chi connectivity index (χ4n) is 1.79. The smallest absolute Gasteiger partial charge is 0.0426 e. The Bertz CT molecular complexity index is 556. The molecule has 0 amide bonds. The van der Waals surface area contributed by atoms with Crippen molar-refractivity contribution in [3.05, 3.63) is 58.1 Å². The van der Waals surface area contributed by atoms with Gasteiger partial charge in [0, 0.05) is 34.5 Å². The largest absolute Gasteiger partial charge is 0.383 e. The summed E-state index contributed by atoms with van der Waals surface area (Å²) in [6.07, 6.45) is 0. The van der Waals surface area contributed by atoms with Crippen LogP contribution in [0.3, 0.4) is 0 Å². The molecular formula is C15H16Cl2N2. The summed E-state index contributed by atoms with van der Waals surface area (Å²) in [5.74, 6) is 0. The molecule has 0 unspecified atom stereocenters. The normalized spacial score (nSPS) is 10.3. The van der Waals surface area contributed by atoms with Gasteiger partial charge in [-0.05, 0) is 42.8 Å². The van der Waals surface area contributed by atoms with Crippen LogP contribution in [0.25, 0.3) is 0 Å². The highest BCUT2D eigenvalue weighted by atomic mass is 35.5. The van der Waals surface area contributed by atoms with Crippen molar-refractivity contribution in [2.24, 2.45) is 0 Å². The molecule has 0 aromatic heterocycles. The van der Waals surface area contributed by atoms with Crippen molar-refractivity contribution in [2.75, 3.05) is 23.7 Å². The van der Waals surface area contributed by atoms with Crippen molar-refractivity contribution >= 4 is 34.6 Å². The highest BCUT2D eigenvalue weighted by Crippen LogP contribution is 2.20. The van der Waals surface area contributed by atoms with Crippen molar-refractivity contribution in [2.45, 2.75) is 6.92 Å². The summed E-state index contributed by atoms with van der Waals surface area (Å²) < 4.78 is 0. The first-order valence-electron chi connectivity index (χ1n) is 6.14. The van der Waals surface area contributed by atoms with E-state index in [1.807, 2.05) is 42.5 Å². The quantitative estimate of drug-likeness (QED) is 0.772. The summed E-state index contributed by atoms with van der Waals surface area (Å²) in [6, 6.07) is 13.5. The highest BCUT2D eigenvalue weighted by molar-refractivity contribution is 6.31. The lowest BCUT2D eigenvalue weighted by Crippen LogP contribution is -2.14. The molecule has 0 aliphatic rings. The zero-order chi connectivity index (χ0) is 13.7. The molecule has 4 heteroatoms. The summed E-state index contributed by atoms with van der Waals surface area (Å²) in [5.41, 5.74) is 3.28. The molecule has 0 fully saturated rings. The van der Waals surface area contributed by atoms with Gasteiger partial charge >= 0.3 is 0 Å². The third-order valence-corrected chi connectivity index (χ3v) is 3.26. The molecule has 0 atom stereocenters. The number of hydrogen-bond acceptors (Lipinski definition) is 2. The topological polar surface area (TPSA) is 24.1 Å². The molecule has 0 spiro atoms. The Kier molecular flexibility index (Phi) is 4.94. The molecule has 0 radical (unpaired) electrons. The zero-order valence-corrected chi connectivity index (χ0v) is 12.2. The van der Waals surface area contributed by atoms with Gasteiger partial charge in [0.1, 0.15) is 0 Å². The predicted octanol–water partition coefficient (Wildman–Crippen LogP) is 4.83. The van der Waals surface area contributed by atoms with Crippen LogP contribution in [0.4, 0.5) is 11.4 Å². The van der Waals surface area contributed by atoms with E-state index in [1.54, 1.807) is 0 Å². The van der Waals surface area contributed by atoms with Crippen LogP contribution in [0.15, 0.2) is 42.5 Å². The molecule has 0 saturated carbocycles. The molecule has 2 N–H and O–H groups in total. The van der Waals surface area contributed by atoms with Crippen LogP contribution in [-0.2, 0) is 0 Å². The second-order valence-corrected chi connectivity index (χ2v) is 5.20.